The second kappa shape index (κ2) is 12.5. The zero-order valence-corrected chi connectivity index (χ0v) is 21.4. The minimum absolute atomic E-state index is 0.145. The second-order valence-corrected chi connectivity index (χ2v) is 10.0. The Bertz CT molecular complexity index is 1310. The van der Waals surface area contributed by atoms with Crippen LogP contribution in [0.15, 0.2) is 56.9 Å². The Hall–Kier alpha value is -3.25. The number of nitrogens with zero attached hydrogens (tertiary/aromatic N) is 3. The van der Waals surface area contributed by atoms with Gasteiger partial charge in [-0.15, -0.1) is 11.8 Å². The Balaban J connectivity index is 1.16. The SMILES string of the molecule is O=C([O-])N1CCN(Cc2cc(=O)c(OCCCCCSc3ccnc4cc(C(F)(F)F)ccc34)co2)CC1. The van der Waals surface area contributed by atoms with Gasteiger partial charge in [0.25, 0.3) is 0 Å². The van der Waals surface area contributed by atoms with E-state index in [-0.39, 0.29) is 11.2 Å². The van der Waals surface area contributed by atoms with E-state index in [1.54, 1.807) is 17.8 Å². The van der Waals surface area contributed by atoms with Crippen molar-refractivity contribution in [1.82, 2.24) is 14.8 Å². The summed E-state index contributed by atoms with van der Waals surface area (Å²) in [6.07, 6.45) is -0.285. The van der Waals surface area contributed by atoms with Gasteiger partial charge in [-0.05, 0) is 43.2 Å². The smallest absolute Gasteiger partial charge is 0.416 e. The number of carbonyl (C=O) groups is 1. The topological polar surface area (TPSA) is 98.9 Å². The highest BCUT2D eigenvalue weighted by Gasteiger charge is 2.30. The maximum Gasteiger partial charge on any atom is 0.416 e. The highest BCUT2D eigenvalue weighted by Crippen LogP contribution is 2.34. The molecule has 2 aromatic heterocycles. The Morgan fingerprint density at radius 1 is 1.11 bits per heavy atom. The van der Waals surface area contributed by atoms with E-state index in [2.05, 4.69) is 4.98 Å². The van der Waals surface area contributed by atoms with Gasteiger partial charge in [0.05, 0.1) is 24.2 Å². The molecule has 3 heterocycles. The van der Waals surface area contributed by atoms with Gasteiger partial charge in [0, 0.05) is 48.7 Å². The van der Waals surface area contributed by atoms with E-state index in [1.807, 2.05) is 4.90 Å². The Kier molecular flexibility index (Phi) is 9.16. The molecule has 204 valence electrons. The summed E-state index contributed by atoms with van der Waals surface area (Å²) < 4.78 is 50.0. The Labute approximate surface area is 221 Å². The van der Waals surface area contributed by atoms with Gasteiger partial charge in [-0.1, -0.05) is 6.07 Å². The van der Waals surface area contributed by atoms with Crippen LogP contribution in [0, 0.1) is 0 Å². The van der Waals surface area contributed by atoms with E-state index in [0.29, 0.717) is 56.0 Å². The van der Waals surface area contributed by atoms with E-state index in [0.717, 1.165) is 42.0 Å². The molecule has 1 saturated heterocycles. The Morgan fingerprint density at radius 3 is 2.61 bits per heavy atom. The molecule has 1 aliphatic heterocycles. The van der Waals surface area contributed by atoms with Crippen LogP contribution in [0.1, 0.15) is 30.6 Å². The number of rotatable bonds is 10. The first-order chi connectivity index (χ1) is 18.2. The molecular formula is C26H27F3N3O5S-. The van der Waals surface area contributed by atoms with Crippen LogP contribution >= 0.6 is 11.8 Å². The molecule has 1 aromatic carbocycles. The monoisotopic (exact) mass is 550 g/mol. The minimum atomic E-state index is -4.40. The van der Waals surface area contributed by atoms with Gasteiger partial charge in [-0.2, -0.15) is 13.2 Å². The molecule has 0 aliphatic carbocycles. The maximum absolute atomic E-state index is 12.9. The second-order valence-electron chi connectivity index (χ2n) is 8.90. The fourth-order valence-electron chi connectivity index (χ4n) is 4.10. The standard InChI is InChI=1S/C26H28F3N3O5S/c27-26(28,29)18-4-5-20-21(14-18)30-7-6-24(20)38-13-3-1-2-12-36-23-17-37-19(15-22(23)33)16-31-8-10-32(11-9-31)25(34)35/h4-7,14-15,17H,1-3,8-13,16H2,(H,34,35)/p-1. The molecule has 1 fully saturated rings. The molecule has 0 spiro atoms. The van der Waals surface area contributed by atoms with Crippen molar-refractivity contribution in [2.45, 2.75) is 36.9 Å². The number of pyridine rings is 1. The number of hydrogen-bond donors (Lipinski definition) is 0. The van der Waals surface area contributed by atoms with Crippen molar-refractivity contribution in [2.24, 2.45) is 0 Å². The molecule has 12 heteroatoms. The molecule has 38 heavy (non-hydrogen) atoms. The van der Waals surface area contributed by atoms with Crippen molar-refractivity contribution in [3.8, 4) is 5.75 Å². The van der Waals surface area contributed by atoms with Crippen LogP contribution in [0.3, 0.4) is 0 Å². The van der Waals surface area contributed by atoms with E-state index in [4.69, 9.17) is 9.15 Å². The number of carboxylic acid groups (broad SMARTS) is 1. The number of thioether (sulfide) groups is 1. The van der Waals surface area contributed by atoms with Gasteiger partial charge in [0.15, 0.2) is 0 Å². The minimum Gasteiger partial charge on any atom is -0.530 e. The molecule has 3 aromatic rings. The summed E-state index contributed by atoms with van der Waals surface area (Å²) in [4.78, 5) is 31.5. The summed E-state index contributed by atoms with van der Waals surface area (Å²) in [7, 11) is 0. The maximum atomic E-state index is 12.9. The highest BCUT2D eigenvalue weighted by molar-refractivity contribution is 7.99. The third-order valence-electron chi connectivity index (χ3n) is 6.20. The van der Waals surface area contributed by atoms with Crippen LogP contribution in [0.4, 0.5) is 18.0 Å². The molecule has 1 amide bonds. The summed E-state index contributed by atoms with van der Waals surface area (Å²) in [5.74, 6) is 1.42. The molecular weight excluding hydrogens is 523 g/mol. The normalized spacial score (nSPS) is 14.7. The Morgan fingerprint density at radius 2 is 1.89 bits per heavy atom. The quantitative estimate of drug-likeness (QED) is 0.276. The lowest BCUT2D eigenvalue weighted by atomic mass is 10.1. The van der Waals surface area contributed by atoms with Gasteiger partial charge in [0.2, 0.25) is 11.2 Å². The average molecular weight is 551 g/mol. The lowest BCUT2D eigenvalue weighted by Gasteiger charge is -2.35. The van der Waals surface area contributed by atoms with E-state index >= 15 is 0 Å². The molecule has 0 radical (unpaired) electrons. The predicted molar refractivity (Wildman–Crippen MR) is 134 cm³/mol. The lowest BCUT2D eigenvalue weighted by Crippen LogP contribution is -2.52. The third kappa shape index (κ3) is 7.41. The van der Waals surface area contributed by atoms with Gasteiger partial charge >= 0.3 is 6.18 Å². The lowest BCUT2D eigenvalue weighted by molar-refractivity contribution is -0.266. The van der Waals surface area contributed by atoms with Crippen molar-refractivity contribution >= 4 is 28.8 Å². The summed E-state index contributed by atoms with van der Waals surface area (Å²) in [5.41, 5.74) is -0.660. The van der Waals surface area contributed by atoms with Gasteiger partial charge < -0.3 is 24.0 Å². The van der Waals surface area contributed by atoms with Crippen LogP contribution in [0.5, 0.6) is 5.75 Å². The van der Waals surface area contributed by atoms with Gasteiger partial charge in [0.1, 0.15) is 18.1 Å². The molecule has 0 saturated carbocycles. The highest BCUT2D eigenvalue weighted by atomic mass is 32.2. The number of alkyl halides is 3. The number of aromatic nitrogens is 1. The third-order valence-corrected chi connectivity index (χ3v) is 7.36. The number of ether oxygens (including phenoxy) is 1. The molecule has 4 rings (SSSR count). The van der Waals surface area contributed by atoms with Crippen LogP contribution < -0.4 is 15.3 Å². The first-order valence-corrected chi connectivity index (χ1v) is 13.2. The number of piperazine rings is 1. The zero-order valence-electron chi connectivity index (χ0n) is 20.5. The van der Waals surface area contributed by atoms with Crippen LogP contribution in [0.2, 0.25) is 0 Å². The van der Waals surface area contributed by atoms with Crippen molar-refractivity contribution in [1.29, 1.82) is 0 Å². The zero-order chi connectivity index (χ0) is 27.1. The molecule has 0 bridgehead atoms. The molecule has 1 aliphatic rings. The number of halogens is 3. The summed E-state index contributed by atoms with van der Waals surface area (Å²) in [5, 5.41) is 11.6. The molecule has 0 unspecified atom stereocenters. The number of hydrogen-bond acceptors (Lipinski definition) is 8. The molecule has 0 N–H and O–H groups in total. The van der Waals surface area contributed by atoms with Gasteiger partial charge in [-0.3, -0.25) is 14.7 Å². The molecule has 8 nitrogen and oxygen atoms in total. The first kappa shape index (κ1) is 27.8. The number of fused-ring (bicyclic) bond motifs is 1. The fraction of sp³-hybridized carbons (Fsp3) is 0.423. The first-order valence-electron chi connectivity index (χ1n) is 12.2. The average Bonchev–Trinajstić information content (AvgIpc) is 2.88. The van der Waals surface area contributed by atoms with Crippen molar-refractivity contribution in [2.75, 3.05) is 38.5 Å². The van der Waals surface area contributed by atoms with Crippen molar-refractivity contribution < 1.29 is 32.2 Å². The van der Waals surface area contributed by atoms with Crippen molar-refractivity contribution in [3.63, 3.8) is 0 Å². The van der Waals surface area contributed by atoms with Crippen LogP contribution in [-0.2, 0) is 12.7 Å². The fourth-order valence-corrected chi connectivity index (χ4v) is 5.16. The number of benzene rings is 1. The van der Waals surface area contributed by atoms with Crippen molar-refractivity contribution in [3.05, 3.63) is 64.3 Å². The predicted octanol–water partition coefficient (Wildman–Crippen LogP) is 4.01. The van der Waals surface area contributed by atoms with E-state index < -0.39 is 17.8 Å². The summed E-state index contributed by atoms with van der Waals surface area (Å²) >= 11 is 1.57. The van der Waals surface area contributed by atoms with E-state index in [9.17, 15) is 27.9 Å². The van der Waals surface area contributed by atoms with E-state index in [1.165, 1.54) is 29.5 Å². The summed E-state index contributed by atoms with van der Waals surface area (Å²) in [6, 6.07) is 6.82. The van der Waals surface area contributed by atoms with Crippen LogP contribution in [0.25, 0.3) is 10.9 Å². The summed E-state index contributed by atoms with van der Waals surface area (Å²) in [6.45, 7) is 2.54. The molecule has 0 atom stereocenters. The van der Waals surface area contributed by atoms with Gasteiger partial charge in [-0.25, -0.2) is 0 Å². The van der Waals surface area contributed by atoms with Crippen LogP contribution in [-0.4, -0.2) is 59.4 Å². The number of carbonyl (C=O) groups excluding carboxylic acids is 1. The number of amides is 1. The largest absolute Gasteiger partial charge is 0.530 e. The number of unbranched alkanes of at least 4 members (excludes halogenated alkanes) is 2.